The molecule has 2 aromatic rings. The first-order chi connectivity index (χ1) is 12.9. The number of nitrogens with one attached hydrogen (secondary N) is 1. The molecule has 0 bridgehead atoms. The van der Waals surface area contributed by atoms with Crippen LogP contribution in [0.15, 0.2) is 48.5 Å². The Hall–Kier alpha value is -2.33. The first kappa shape index (κ1) is 21.0. The van der Waals surface area contributed by atoms with Gasteiger partial charge in [0.25, 0.3) is 0 Å². The fourth-order valence-electron chi connectivity index (χ4n) is 2.77. The van der Waals surface area contributed by atoms with Gasteiger partial charge in [0.1, 0.15) is 6.04 Å². The molecule has 1 N–H and O–H groups in total. The Morgan fingerprint density at radius 1 is 1.11 bits per heavy atom. The number of carbonyl (C=O) groups is 2. The summed E-state index contributed by atoms with van der Waals surface area (Å²) in [7, 11) is 0. The van der Waals surface area contributed by atoms with Gasteiger partial charge in [-0.15, -0.1) is 0 Å². The number of hydrogen-bond acceptors (Lipinski definition) is 2. The molecule has 0 radical (unpaired) electrons. The summed E-state index contributed by atoms with van der Waals surface area (Å²) in [6, 6.07) is 14.7. The van der Waals surface area contributed by atoms with Crippen molar-refractivity contribution in [2.75, 3.05) is 6.54 Å². The predicted molar refractivity (Wildman–Crippen MR) is 110 cm³/mol. The van der Waals surface area contributed by atoms with Gasteiger partial charge in [-0.25, -0.2) is 0 Å². The Morgan fingerprint density at radius 3 is 2.41 bits per heavy atom. The first-order valence-corrected chi connectivity index (χ1v) is 9.66. The highest BCUT2D eigenvalue weighted by molar-refractivity contribution is 6.31. The van der Waals surface area contributed by atoms with Crippen molar-refractivity contribution in [3.8, 4) is 0 Å². The molecule has 0 saturated carbocycles. The summed E-state index contributed by atoms with van der Waals surface area (Å²) in [6.45, 7) is 6.65. The number of rotatable bonds is 8. The Bertz CT molecular complexity index is 774. The van der Waals surface area contributed by atoms with Gasteiger partial charge in [0.15, 0.2) is 0 Å². The van der Waals surface area contributed by atoms with Crippen LogP contribution in [0.25, 0.3) is 0 Å². The molecular weight excluding hydrogens is 360 g/mol. The van der Waals surface area contributed by atoms with Gasteiger partial charge in [-0.05, 0) is 37.5 Å². The number of carbonyl (C=O) groups excluding carboxylic acids is 2. The van der Waals surface area contributed by atoms with Gasteiger partial charge in [-0.2, -0.15) is 0 Å². The number of hydrogen-bond donors (Lipinski definition) is 1. The topological polar surface area (TPSA) is 49.4 Å². The lowest BCUT2D eigenvalue weighted by Crippen LogP contribution is -2.48. The van der Waals surface area contributed by atoms with Gasteiger partial charge in [-0.1, -0.05) is 66.6 Å². The second-order valence-corrected chi connectivity index (χ2v) is 7.15. The van der Waals surface area contributed by atoms with Gasteiger partial charge in [0, 0.05) is 18.1 Å². The molecule has 2 aromatic carbocycles. The smallest absolute Gasteiger partial charge is 0.242 e. The van der Waals surface area contributed by atoms with E-state index in [9.17, 15) is 9.59 Å². The SMILES string of the molecule is CCCNC(=O)[C@H](C)N(Cc1ccccc1Cl)C(=O)Cc1ccc(C)cc1. The third-order valence-corrected chi connectivity index (χ3v) is 4.86. The molecule has 1 atom stereocenters. The summed E-state index contributed by atoms with van der Waals surface area (Å²) in [5.74, 6) is -0.251. The third kappa shape index (κ3) is 6.10. The normalized spacial score (nSPS) is 11.7. The lowest BCUT2D eigenvalue weighted by Gasteiger charge is -2.29. The zero-order valence-electron chi connectivity index (χ0n) is 16.2. The standard InChI is InChI=1S/C22H27ClN2O2/c1-4-13-24-22(27)17(3)25(15-19-7-5-6-8-20(19)23)21(26)14-18-11-9-16(2)10-12-18/h5-12,17H,4,13-15H2,1-3H3,(H,24,27)/t17-/m0/s1. The molecule has 0 aliphatic heterocycles. The van der Waals surface area contributed by atoms with Gasteiger partial charge >= 0.3 is 0 Å². The van der Waals surface area contributed by atoms with E-state index < -0.39 is 6.04 Å². The molecule has 2 amide bonds. The molecule has 4 nitrogen and oxygen atoms in total. The summed E-state index contributed by atoms with van der Waals surface area (Å²) in [6.07, 6.45) is 1.09. The van der Waals surface area contributed by atoms with E-state index in [1.807, 2.05) is 56.3 Å². The van der Waals surface area contributed by atoms with E-state index in [1.165, 1.54) is 0 Å². The van der Waals surface area contributed by atoms with Crippen LogP contribution in [0.4, 0.5) is 0 Å². The Labute approximate surface area is 166 Å². The Kier molecular flexibility index (Phi) is 7.86. The number of amides is 2. The number of nitrogens with zero attached hydrogens (tertiary/aromatic N) is 1. The molecule has 0 unspecified atom stereocenters. The van der Waals surface area contributed by atoms with Crippen molar-refractivity contribution in [1.29, 1.82) is 0 Å². The van der Waals surface area contributed by atoms with E-state index in [4.69, 9.17) is 11.6 Å². The maximum Gasteiger partial charge on any atom is 0.242 e. The third-order valence-electron chi connectivity index (χ3n) is 4.49. The fraction of sp³-hybridized carbons (Fsp3) is 0.364. The van der Waals surface area contributed by atoms with Crippen LogP contribution in [0.3, 0.4) is 0 Å². The Balaban J connectivity index is 2.21. The lowest BCUT2D eigenvalue weighted by atomic mass is 10.1. The summed E-state index contributed by atoms with van der Waals surface area (Å²) in [4.78, 5) is 27.1. The number of benzene rings is 2. The van der Waals surface area contributed by atoms with Crippen LogP contribution in [0.5, 0.6) is 0 Å². The van der Waals surface area contributed by atoms with Gasteiger partial charge in [0.2, 0.25) is 11.8 Å². The molecule has 0 aliphatic rings. The molecule has 2 rings (SSSR count). The maximum atomic E-state index is 13.0. The average Bonchev–Trinajstić information content (AvgIpc) is 2.66. The largest absolute Gasteiger partial charge is 0.354 e. The highest BCUT2D eigenvalue weighted by Crippen LogP contribution is 2.19. The molecule has 5 heteroatoms. The van der Waals surface area contributed by atoms with Crippen molar-refractivity contribution in [2.24, 2.45) is 0 Å². The molecule has 0 saturated heterocycles. The van der Waals surface area contributed by atoms with Crippen molar-refractivity contribution < 1.29 is 9.59 Å². The summed E-state index contributed by atoms with van der Waals surface area (Å²) < 4.78 is 0. The molecule has 0 aliphatic carbocycles. The predicted octanol–water partition coefficient (Wildman–Crippen LogP) is 4.13. The second kappa shape index (κ2) is 10.1. The second-order valence-electron chi connectivity index (χ2n) is 6.74. The summed E-state index contributed by atoms with van der Waals surface area (Å²) >= 11 is 6.28. The van der Waals surface area contributed by atoms with Gasteiger partial charge in [-0.3, -0.25) is 9.59 Å². The maximum absolute atomic E-state index is 13.0. The van der Waals surface area contributed by atoms with Crippen LogP contribution in [0.1, 0.15) is 37.0 Å². The van der Waals surface area contributed by atoms with Crippen LogP contribution in [-0.2, 0) is 22.6 Å². The minimum Gasteiger partial charge on any atom is -0.354 e. The van der Waals surface area contributed by atoms with Crippen molar-refractivity contribution in [3.63, 3.8) is 0 Å². The molecule has 27 heavy (non-hydrogen) atoms. The molecular formula is C22H27ClN2O2. The van der Waals surface area contributed by atoms with E-state index in [0.29, 0.717) is 18.1 Å². The molecule has 0 aromatic heterocycles. The van der Waals surface area contributed by atoms with Crippen LogP contribution in [-0.4, -0.2) is 29.3 Å². The highest BCUT2D eigenvalue weighted by atomic mass is 35.5. The van der Waals surface area contributed by atoms with E-state index in [1.54, 1.807) is 17.9 Å². The summed E-state index contributed by atoms with van der Waals surface area (Å²) in [5.41, 5.74) is 2.90. The molecule has 0 spiro atoms. The quantitative estimate of drug-likeness (QED) is 0.741. The zero-order chi connectivity index (χ0) is 19.8. The van der Waals surface area contributed by atoms with Crippen LogP contribution in [0.2, 0.25) is 5.02 Å². The van der Waals surface area contributed by atoms with E-state index in [2.05, 4.69) is 5.32 Å². The fourth-order valence-corrected chi connectivity index (χ4v) is 2.97. The average molecular weight is 387 g/mol. The van der Waals surface area contributed by atoms with Crippen LogP contribution >= 0.6 is 11.6 Å². The molecule has 144 valence electrons. The highest BCUT2D eigenvalue weighted by Gasteiger charge is 2.26. The molecule has 0 heterocycles. The van der Waals surface area contributed by atoms with Gasteiger partial charge < -0.3 is 10.2 Å². The number of aryl methyl sites for hydroxylation is 1. The van der Waals surface area contributed by atoms with Crippen LogP contribution in [0, 0.1) is 6.92 Å². The van der Waals surface area contributed by atoms with Crippen molar-refractivity contribution in [2.45, 2.75) is 46.2 Å². The van der Waals surface area contributed by atoms with Crippen molar-refractivity contribution in [3.05, 3.63) is 70.2 Å². The van der Waals surface area contributed by atoms with E-state index >= 15 is 0 Å². The Morgan fingerprint density at radius 2 is 1.78 bits per heavy atom. The minimum absolute atomic E-state index is 0.0991. The van der Waals surface area contributed by atoms with E-state index in [-0.39, 0.29) is 18.2 Å². The lowest BCUT2D eigenvalue weighted by molar-refractivity contribution is -0.140. The van der Waals surface area contributed by atoms with Crippen molar-refractivity contribution in [1.82, 2.24) is 10.2 Å². The summed E-state index contributed by atoms with van der Waals surface area (Å²) in [5, 5.41) is 3.46. The molecule has 0 fully saturated rings. The van der Waals surface area contributed by atoms with E-state index in [0.717, 1.165) is 23.1 Å². The zero-order valence-corrected chi connectivity index (χ0v) is 16.9. The number of halogens is 1. The minimum atomic E-state index is -0.578. The van der Waals surface area contributed by atoms with Gasteiger partial charge in [0.05, 0.1) is 6.42 Å². The first-order valence-electron chi connectivity index (χ1n) is 9.28. The van der Waals surface area contributed by atoms with Crippen molar-refractivity contribution >= 4 is 23.4 Å². The van der Waals surface area contributed by atoms with Crippen LogP contribution < -0.4 is 5.32 Å². The monoisotopic (exact) mass is 386 g/mol.